The van der Waals surface area contributed by atoms with Gasteiger partial charge in [0, 0.05) is 26.3 Å². The van der Waals surface area contributed by atoms with Gasteiger partial charge in [0.1, 0.15) is 0 Å². The topological polar surface area (TPSA) is 39.0 Å². The van der Waals surface area contributed by atoms with Crippen LogP contribution in [0.1, 0.15) is 5.56 Å². The minimum atomic E-state index is -0.0235. The maximum absolute atomic E-state index is 11.9. The van der Waals surface area contributed by atoms with E-state index in [9.17, 15) is 4.79 Å². The largest absolute Gasteiger partial charge is 0.381 e. The molecule has 1 heterocycles. The second-order valence-electron chi connectivity index (χ2n) is 5.21. The van der Waals surface area contributed by atoms with E-state index in [1.54, 1.807) is 35.4 Å². The predicted molar refractivity (Wildman–Crippen MR) is 91.9 cm³/mol. The Morgan fingerprint density at radius 1 is 0.955 bits per heavy atom. The number of benzene rings is 2. The fourth-order valence-corrected chi connectivity index (χ4v) is 2.77. The molecule has 22 heavy (non-hydrogen) atoms. The van der Waals surface area contributed by atoms with Crippen LogP contribution in [0, 0.1) is 0 Å². The highest BCUT2D eigenvalue weighted by Gasteiger charge is 2.08. The smallest absolute Gasteiger partial charge is 0.328 e. The van der Waals surface area contributed by atoms with Crippen molar-refractivity contribution in [3.8, 4) is 0 Å². The fraction of sp³-hybridized carbons (Fsp3) is 0.188. The van der Waals surface area contributed by atoms with E-state index in [1.807, 2.05) is 24.3 Å². The molecule has 0 aliphatic heterocycles. The Kier molecular flexibility index (Phi) is 3.89. The van der Waals surface area contributed by atoms with Crippen LogP contribution in [0.2, 0.25) is 10.0 Å². The van der Waals surface area contributed by atoms with Crippen LogP contribution in [-0.2, 0) is 20.6 Å². The fourth-order valence-electron chi connectivity index (χ4n) is 2.47. The van der Waals surface area contributed by atoms with Gasteiger partial charge < -0.3 is 5.32 Å². The number of hydrogen-bond acceptors (Lipinski definition) is 2. The first-order valence-electron chi connectivity index (χ1n) is 6.80. The number of nitrogens with one attached hydrogen (secondary N) is 1. The van der Waals surface area contributed by atoms with Crippen LogP contribution in [0.25, 0.3) is 11.0 Å². The minimum absolute atomic E-state index is 0.0235. The molecule has 0 aliphatic rings. The molecule has 0 amide bonds. The molecule has 0 bridgehead atoms. The Bertz CT molecular complexity index is 912. The molecule has 6 heteroatoms. The van der Waals surface area contributed by atoms with E-state index in [1.165, 1.54) is 0 Å². The average Bonchev–Trinajstić information content (AvgIpc) is 2.73. The molecule has 0 spiro atoms. The monoisotopic (exact) mass is 335 g/mol. The molecule has 0 saturated carbocycles. The summed E-state index contributed by atoms with van der Waals surface area (Å²) in [5, 5.41) is 4.35. The summed E-state index contributed by atoms with van der Waals surface area (Å²) in [7, 11) is 3.55. The van der Waals surface area contributed by atoms with E-state index in [-0.39, 0.29) is 5.69 Å². The first-order valence-corrected chi connectivity index (χ1v) is 7.56. The van der Waals surface area contributed by atoms with Crippen molar-refractivity contribution < 1.29 is 0 Å². The van der Waals surface area contributed by atoms with Crippen molar-refractivity contribution >= 4 is 39.9 Å². The van der Waals surface area contributed by atoms with Gasteiger partial charge in [-0.25, -0.2) is 4.79 Å². The van der Waals surface area contributed by atoms with Crippen LogP contribution in [0.5, 0.6) is 0 Å². The summed E-state index contributed by atoms with van der Waals surface area (Å²) in [6, 6.07) is 11.4. The zero-order valence-electron chi connectivity index (χ0n) is 12.2. The zero-order valence-corrected chi connectivity index (χ0v) is 13.7. The van der Waals surface area contributed by atoms with E-state index in [4.69, 9.17) is 23.2 Å². The van der Waals surface area contributed by atoms with E-state index in [0.29, 0.717) is 16.6 Å². The predicted octanol–water partition coefficient (Wildman–Crippen LogP) is 3.80. The van der Waals surface area contributed by atoms with Gasteiger partial charge in [-0.15, -0.1) is 0 Å². The summed E-state index contributed by atoms with van der Waals surface area (Å²) in [4.78, 5) is 11.9. The van der Waals surface area contributed by atoms with Gasteiger partial charge in [-0.1, -0.05) is 29.3 Å². The number of rotatable bonds is 3. The van der Waals surface area contributed by atoms with Crippen molar-refractivity contribution in [1.29, 1.82) is 0 Å². The van der Waals surface area contributed by atoms with Gasteiger partial charge >= 0.3 is 5.69 Å². The van der Waals surface area contributed by atoms with Gasteiger partial charge in [0.2, 0.25) is 0 Å². The quantitative estimate of drug-likeness (QED) is 0.790. The lowest BCUT2D eigenvalue weighted by atomic mass is 10.2. The van der Waals surface area contributed by atoms with Crippen LogP contribution in [-0.4, -0.2) is 9.13 Å². The van der Waals surface area contributed by atoms with Crippen molar-refractivity contribution in [2.45, 2.75) is 6.54 Å². The lowest BCUT2D eigenvalue weighted by Crippen LogP contribution is -2.19. The standard InChI is InChI=1S/C16H15Cl2N3O/c1-20-14-6-3-10(7-15(14)21(2)16(20)22)9-19-11-4-5-12(17)13(18)8-11/h3-8,19H,9H2,1-2H3. The molecule has 0 aliphatic carbocycles. The van der Waals surface area contributed by atoms with Crippen molar-refractivity contribution in [3.63, 3.8) is 0 Å². The second kappa shape index (κ2) is 5.71. The number of fused-ring (bicyclic) bond motifs is 1. The third-order valence-corrected chi connectivity index (χ3v) is 4.49. The molecule has 3 aromatic rings. The number of imidazole rings is 1. The highest BCUT2D eigenvalue weighted by Crippen LogP contribution is 2.25. The third kappa shape index (κ3) is 2.60. The summed E-state index contributed by atoms with van der Waals surface area (Å²) in [6.45, 7) is 0.636. The lowest BCUT2D eigenvalue weighted by molar-refractivity contribution is 0.795. The molecule has 1 aromatic heterocycles. The van der Waals surface area contributed by atoms with Gasteiger partial charge in [0.15, 0.2) is 0 Å². The maximum Gasteiger partial charge on any atom is 0.328 e. The molecular formula is C16H15Cl2N3O. The van der Waals surface area contributed by atoms with Crippen LogP contribution in [0.4, 0.5) is 5.69 Å². The number of nitrogens with zero attached hydrogens (tertiary/aromatic N) is 2. The Balaban J connectivity index is 1.86. The van der Waals surface area contributed by atoms with Gasteiger partial charge in [0.25, 0.3) is 0 Å². The molecule has 0 saturated heterocycles. The maximum atomic E-state index is 11.9. The first-order chi connectivity index (χ1) is 10.5. The number of aromatic nitrogens is 2. The lowest BCUT2D eigenvalue weighted by Gasteiger charge is -2.08. The molecular weight excluding hydrogens is 321 g/mol. The number of aryl methyl sites for hydroxylation is 2. The Hall–Kier alpha value is -1.91. The van der Waals surface area contributed by atoms with Gasteiger partial charge in [-0.05, 0) is 35.9 Å². The average molecular weight is 336 g/mol. The molecule has 0 radical (unpaired) electrons. The van der Waals surface area contributed by atoms with Gasteiger partial charge in [0.05, 0.1) is 21.1 Å². The van der Waals surface area contributed by atoms with Gasteiger partial charge in [-0.2, -0.15) is 0 Å². The Morgan fingerprint density at radius 2 is 1.68 bits per heavy atom. The van der Waals surface area contributed by atoms with Crippen LogP contribution in [0.15, 0.2) is 41.2 Å². The molecule has 3 rings (SSSR count). The number of anilines is 1. The summed E-state index contributed by atoms with van der Waals surface area (Å²) < 4.78 is 3.30. The molecule has 4 nitrogen and oxygen atoms in total. The van der Waals surface area contributed by atoms with E-state index < -0.39 is 0 Å². The Labute approximate surface area is 137 Å². The first kappa shape index (κ1) is 15.0. The summed E-state index contributed by atoms with van der Waals surface area (Å²) >= 11 is 11.9. The van der Waals surface area contributed by atoms with Crippen molar-refractivity contribution in [1.82, 2.24) is 9.13 Å². The van der Waals surface area contributed by atoms with Gasteiger partial charge in [-0.3, -0.25) is 9.13 Å². The normalized spacial score (nSPS) is 11.1. The SMILES string of the molecule is Cn1c(=O)n(C)c2cc(CNc3ccc(Cl)c(Cl)c3)ccc21. The summed E-state index contributed by atoms with van der Waals surface area (Å²) in [5.41, 5.74) is 3.80. The molecule has 0 atom stereocenters. The zero-order chi connectivity index (χ0) is 15.9. The molecule has 0 unspecified atom stereocenters. The summed E-state index contributed by atoms with van der Waals surface area (Å²) in [6.07, 6.45) is 0. The number of hydrogen-bond donors (Lipinski definition) is 1. The highest BCUT2D eigenvalue weighted by atomic mass is 35.5. The minimum Gasteiger partial charge on any atom is -0.381 e. The van der Waals surface area contributed by atoms with E-state index in [2.05, 4.69) is 5.32 Å². The highest BCUT2D eigenvalue weighted by molar-refractivity contribution is 6.42. The molecule has 2 aromatic carbocycles. The number of halogens is 2. The van der Waals surface area contributed by atoms with Crippen LogP contribution in [0.3, 0.4) is 0 Å². The molecule has 114 valence electrons. The van der Waals surface area contributed by atoms with Crippen molar-refractivity contribution in [3.05, 3.63) is 62.5 Å². The van der Waals surface area contributed by atoms with E-state index >= 15 is 0 Å². The van der Waals surface area contributed by atoms with Crippen LogP contribution < -0.4 is 11.0 Å². The molecule has 1 N–H and O–H groups in total. The van der Waals surface area contributed by atoms with E-state index in [0.717, 1.165) is 22.3 Å². The van der Waals surface area contributed by atoms with Crippen molar-refractivity contribution in [2.24, 2.45) is 14.1 Å². The second-order valence-corrected chi connectivity index (χ2v) is 6.02. The van der Waals surface area contributed by atoms with Crippen LogP contribution >= 0.6 is 23.2 Å². The van der Waals surface area contributed by atoms with Crippen molar-refractivity contribution in [2.75, 3.05) is 5.32 Å². The Morgan fingerprint density at radius 3 is 2.41 bits per heavy atom. The third-order valence-electron chi connectivity index (χ3n) is 3.75. The summed E-state index contributed by atoms with van der Waals surface area (Å²) in [5.74, 6) is 0. The molecule has 0 fully saturated rings.